The van der Waals surface area contributed by atoms with E-state index in [-0.39, 0.29) is 47.6 Å². The molecule has 0 aliphatic carbocycles. The Morgan fingerprint density at radius 3 is 2.10 bits per heavy atom. The van der Waals surface area contributed by atoms with Gasteiger partial charge in [0.15, 0.2) is 0 Å². The van der Waals surface area contributed by atoms with Crippen LogP contribution in [0.1, 0.15) is 5.56 Å². The summed E-state index contributed by atoms with van der Waals surface area (Å²) in [4.78, 5) is -0.185. The van der Waals surface area contributed by atoms with E-state index in [1.54, 1.807) is 30.3 Å². The maximum Gasteiger partial charge on any atom is 0.387 e. The lowest BCUT2D eigenvalue weighted by Crippen LogP contribution is -2.50. The average molecular weight is 481 g/mol. The molecule has 7 nitrogen and oxygen atoms in total. The van der Waals surface area contributed by atoms with Gasteiger partial charge in [-0.25, -0.2) is 16.8 Å². The van der Waals surface area contributed by atoms with E-state index in [1.165, 1.54) is 4.31 Å². The second-order valence-corrected chi connectivity index (χ2v) is 10.8. The lowest BCUT2D eigenvalue weighted by atomic mass is 10.2. The summed E-state index contributed by atoms with van der Waals surface area (Å²) in [6.07, 6.45) is 0. The monoisotopic (exact) mass is 480 g/mol. The number of ether oxygens (including phenoxy) is 1. The van der Waals surface area contributed by atoms with Crippen molar-refractivity contribution < 1.29 is 30.4 Å². The van der Waals surface area contributed by atoms with Crippen molar-refractivity contribution in [2.75, 3.05) is 26.2 Å². The lowest BCUT2D eigenvalue weighted by molar-refractivity contribution is -0.0498. The molecule has 164 valence electrons. The highest BCUT2D eigenvalue weighted by atomic mass is 35.5. The van der Waals surface area contributed by atoms with E-state index < -0.39 is 26.7 Å². The molecule has 2 aromatic carbocycles. The van der Waals surface area contributed by atoms with E-state index in [0.29, 0.717) is 5.56 Å². The van der Waals surface area contributed by atoms with Crippen LogP contribution in [0.3, 0.4) is 0 Å². The summed E-state index contributed by atoms with van der Waals surface area (Å²) in [6.45, 7) is -3.15. The predicted octanol–water partition coefficient (Wildman–Crippen LogP) is 2.78. The van der Waals surface area contributed by atoms with Gasteiger partial charge in [0.25, 0.3) is 0 Å². The van der Waals surface area contributed by atoms with Gasteiger partial charge >= 0.3 is 6.61 Å². The Kier molecular flexibility index (Phi) is 6.98. The Morgan fingerprint density at radius 1 is 0.933 bits per heavy atom. The van der Waals surface area contributed by atoms with Crippen molar-refractivity contribution in [2.45, 2.75) is 17.3 Å². The van der Waals surface area contributed by atoms with E-state index >= 15 is 0 Å². The highest BCUT2D eigenvalue weighted by Gasteiger charge is 2.33. The van der Waals surface area contributed by atoms with E-state index in [1.807, 2.05) is 0 Å². The molecule has 1 heterocycles. The molecule has 0 amide bonds. The van der Waals surface area contributed by atoms with Gasteiger partial charge in [-0.15, -0.1) is 0 Å². The van der Waals surface area contributed by atoms with Crippen molar-refractivity contribution in [3.05, 3.63) is 59.1 Å². The molecule has 0 aromatic heterocycles. The zero-order valence-electron chi connectivity index (χ0n) is 15.6. The summed E-state index contributed by atoms with van der Waals surface area (Å²) in [6, 6.07) is 11.9. The molecule has 2 aromatic rings. The summed E-state index contributed by atoms with van der Waals surface area (Å²) >= 11 is 5.85. The number of nitrogens with zero attached hydrogens (tertiary/aromatic N) is 2. The molecule has 0 spiro atoms. The molecule has 12 heteroatoms. The zero-order chi connectivity index (χ0) is 21.9. The molecule has 1 fully saturated rings. The van der Waals surface area contributed by atoms with E-state index in [0.717, 1.165) is 22.5 Å². The molecule has 0 N–H and O–H groups in total. The third-order valence-corrected chi connectivity index (χ3v) is 8.58. The molecule has 3 rings (SSSR count). The van der Waals surface area contributed by atoms with Gasteiger partial charge in [-0.2, -0.15) is 17.4 Å². The number of hydrogen-bond acceptors (Lipinski definition) is 5. The number of benzene rings is 2. The van der Waals surface area contributed by atoms with Crippen molar-refractivity contribution in [1.29, 1.82) is 0 Å². The topological polar surface area (TPSA) is 84.0 Å². The third-order valence-electron chi connectivity index (χ3n) is 4.54. The number of sulfonamides is 2. The summed E-state index contributed by atoms with van der Waals surface area (Å²) in [5, 5.41) is -0.263. The quantitative estimate of drug-likeness (QED) is 0.608. The smallest absolute Gasteiger partial charge is 0.387 e. The number of hydrogen-bond donors (Lipinski definition) is 0. The SMILES string of the molecule is O=S(=O)(Cc1ccccc1)N1CCN(S(=O)(=O)c2ccc(OC(F)F)c(Cl)c2)CC1. The second kappa shape index (κ2) is 9.15. The van der Waals surface area contributed by atoms with Crippen molar-refractivity contribution in [1.82, 2.24) is 8.61 Å². The summed E-state index contributed by atoms with van der Waals surface area (Å²) in [5.41, 5.74) is 0.647. The van der Waals surface area contributed by atoms with Crippen LogP contribution in [0.2, 0.25) is 5.02 Å². The fourth-order valence-electron chi connectivity index (χ4n) is 3.05. The molecule has 0 bridgehead atoms. The van der Waals surface area contributed by atoms with Gasteiger partial charge in [-0.1, -0.05) is 41.9 Å². The number of rotatable bonds is 7. The van der Waals surface area contributed by atoms with Crippen LogP contribution in [0.15, 0.2) is 53.4 Å². The predicted molar refractivity (Wildman–Crippen MR) is 107 cm³/mol. The van der Waals surface area contributed by atoms with Crippen LogP contribution in [0.25, 0.3) is 0 Å². The molecule has 1 aliphatic heterocycles. The first-order valence-corrected chi connectivity index (χ1v) is 12.3. The lowest BCUT2D eigenvalue weighted by Gasteiger charge is -2.33. The summed E-state index contributed by atoms with van der Waals surface area (Å²) in [7, 11) is -7.56. The minimum Gasteiger partial charge on any atom is -0.433 e. The van der Waals surface area contributed by atoms with Gasteiger partial charge in [0.1, 0.15) is 5.75 Å². The van der Waals surface area contributed by atoms with Crippen LogP contribution in [-0.2, 0) is 25.8 Å². The molecule has 0 unspecified atom stereocenters. The minimum absolute atomic E-state index is 0.00864. The first-order valence-electron chi connectivity index (χ1n) is 8.86. The Hall–Kier alpha value is -1.79. The molecule has 1 aliphatic rings. The first-order chi connectivity index (χ1) is 14.1. The molecule has 0 radical (unpaired) electrons. The first kappa shape index (κ1) is 22.9. The van der Waals surface area contributed by atoms with Gasteiger partial charge in [0, 0.05) is 26.2 Å². The fraction of sp³-hybridized carbons (Fsp3) is 0.333. The highest BCUT2D eigenvalue weighted by molar-refractivity contribution is 7.89. The zero-order valence-corrected chi connectivity index (χ0v) is 18.0. The Morgan fingerprint density at radius 2 is 1.53 bits per heavy atom. The van der Waals surface area contributed by atoms with Crippen LogP contribution in [0.5, 0.6) is 5.75 Å². The highest BCUT2D eigenvalue weighted by Crippen LogP contribution is 2.30. The van der Waals surface area contributed by atoms with Crippen molar-refractivity contribution >= 4 is 31.6 Å². The van der Waals surface area contributed by atoms with Crippen molar-refractivity contribution in [2.24, 2.45) is 0 Å². The Labute approximate surface area is 178 Å². The maximum atomic E-state index is 12.8. The van der Waals surface area contributed by atoms with E-state index in [4.69, 9.17) is 11.6 Å². The van der Waals surface area contributed by atoms with Gasteiger partial charge in [-0.05, 0) is 23.8 Å². The molecule has 0 saturated carbocycles. The van der Waals surface area contributed by atoms with Crippen LogP contribution in [-0.4, -0.2) is 58.2 Å². The number of alkyl halides is 2. The van der Waals surface area contributed by atoms with Crippen LogP contribution < -0.4 is 4.74 Å². The Bertz CT molecular complexity index is 1090. The fourth-order valence-corrected chi connectivity index (χ4v) is 6.30. The Balaban J connectivity index is 1.68. The largest absolute Gasteiger partial charge is 0.433 e. The summed E-state index contributed by atoms with van der Waals surface area (Å²) in [5.74, 6) is -0.496. The molecule has 1 saturated heterocycles. The molecular formula is C18H19ClF2N2O5S2. The standard InChI is InChI=1S/C18H19ClF2N2O5S2/c19-16-12-15(6-7-17(16)28-18(20)21)30(26,27)23-10-8-22(9-11-23)29(24,25)13-14-4-2-1-3-5-14/h1-7,12,18H,8-11,13H2. The van der Waals surface area contributed by atoms with E-state index in [9.17, 15) is 25.6 Å². The number of piperazine rings is 1. The van der Waals surface area contributed by atoms with Crippen molar-refractivity contribution in [3.8, 4) is 5.75 Å². The minimum atomic E-state index is -3.97. The summed E-state index contributed by atoms with van der Waals surface area (Å²) < 4.78 is 82.2. The number of halogens is 3. The van der Waals surface area contributed by atoms with E-state index in [2.05, 4.69) is 4.74 Å². The average Bonchev–Trinajstić information content (AvgIpc) is 2.69. The van der Waals surface area contributed by atoms with Crippen molar-refractivity contribution in [3.63, 3.8) is 0 Å². The molecular weight excluding hydrogens is 462 g/mol. The second-order valence-electron chi connectivity index (χ2n) is 6.52. The normalized spacial score (nSPS) is 16.7. The van der Waals surface area contributed by atoms with Gasteiger partial charge < -0.3 is 4.74 Å². The molecule has 0 atom stereocenters. The van der Waals surface area contributed by atoms with Crippen LogP contribution >= 0.6 is 11.6 Å². The van der Waals surface area contributed by atoms with Gasteiger partial charge in [-0.3, -0.25) is 0 Å². The van der Waals surface area contributed by atoms with Gasteiger partial charge in [0.2, 0.25) is 20.0 Å². The maximum absolute atomic E-state index is 12.8. The van der Waals surface area contributed by atoms with Crippen LogP contribution in [0, 0.1) is 0 Å². The van der Waals surface area contributed by atoms with Gasteiger partial charge in [0.05, 0.1) is 15.7 Å². The molecule has 30 heavy (non-hydrogen) atoms. The van der Waals surface area contributed by atoms with Crippen LogP contribution in [0.4, 0.5) is 8.78 Å². The third kappa shape index (κ3) is 5.27.